The third-order valence-electron chi connectivity index (χ3n) is 17.9. The Bertz CT molecular complexity index is 1240. The molecular formula is C76H148O6. The molecule has 6 heteroatoms. The molecular weight excluding hydrogens is 1010 g/mol. The van der Waals surface area contributed by atoms with Crippen LogP contribution in [0.2, 0.25) is 0 Å². The van der Waals surface area contributed by atoms with Crippen LogP contribution in [0, 0.1) is 0 Å². The van der Waals surface area contributed by atoms with Crippen molar-refractivity contribution in [2.75, 3.05) is 13.2 Å². The van der Waals surface area contributed by atoms with Gasteiger partial charge in [0.2, 0.25) is 0 Å². The third kappa shape index (κ3) is 69.2. The van der Waals surface area contributed by atoms with E-state index in [2.05, 4.69) is 20.8 Å². The van der Waals surface area contributed by atoms with Crippen LogP contribution in [-0.2, 0) is 28.6 Å². The summed E-state index contributed by atoms with van der Waals surface area (Å²) in [6.45, 7) is 6.74. The summed E-state index contributed by atoms with van der Waals surface area (Å²) in [6, 6.07) is 0. The third-order valence-corrected chi connectivity index (χ3v) is 17.9. The Morgan fingerprint density at radius 3 is 0.488 bits per heavy atom. The average Bonchev–Trinajstić information content (AvgIpc) is 3.47. The SMILES string of the molecule is CCCCCCCCCCCCCCCCCCCCCCCCCCCCCCCCCCC(=O)OCC(COC(=O)CCCCCCCCCCCCCC)OC(=O)CCCCCCCCCCCCCCCCCCCCCC. The first kappa shape index (κ1) is 80.4. The normalized spacial score (nSPS) is 11.9. The Morgan fingerprint density at radius 1 is 0.195 bits per heavy atom. The van der Waals surface area contributed by atoms with Crippen LogP contribution < -0.4 is 0 Å². The van der Waals surface area contributed by atoms with Crippen molar-refractivity contribution in [1.29, 1.82) is 0 Å². The van der Waals surface area contributed by atoms with Crippen LogP contribution in [0.25, 0.3) is 0 Å². The zero-order chi connectivity index (χ0) is 59.2. The fourth-order valence-corrected chi connectivity index (χ4v) is 12.2. The van der Waals surface area contributed by atoms with Crippen molar-refractivity contribution in [1.82, 2.24) is 0 Å². The van der Waals surface area contributed by atoms with E-state index in [0.717, 1.165) is 57.8 Å². The van der Waals surface area contributed by atoms with Crippen LogP contribution in [0.1, 0.15) is 451 Å². The predicted molar refractivity (Wildman–Crippen MR) is 358 cm³/mol. The summed E-state index contributed by atoms with van der Waals surface area (Å²) in [5.74, 6) is -0.819. The number of ether oxygens (including phenoxy) is 3. The van der Waals surface area contributed by atoms with Gasteiger partial charge in [-0.05, 0) is 19.3 Å². The molecule has 0 heterocycles. The van der Waals surface area contributed by atoms with E-state index in [4.69, 9.17) is 14.2 Å². The minimum atomic E-state index is -0.763. The molecule has 1 unspecified atom stereocenters. The summed E-state index contributed by atoms with van der Waals surface area (Å²) in [5, 5.41) is 0. The van der Waals surface area contributed by atoms with Crippen molar-refractivity contribution in [2.45, 2.75) is 457 Å². The van der Waals surface area contributed by atoms with Gasteiger partial charge in [0.05, 0.1) is 0 Å². The largest absolute Gasteiger partial charge is 0.462 e. The Labute approximate surface area is 514 Å². The number of esters is 3. The minimum absolute atomic E-state index is 0.0602. The van der Waals surface area contributed by atoms with Gasteiger partial charge in [-0.3, -0.25) is 14.4 Å². The molecule has 0 aromatic carbocycles. The molecule has 0 saturated carbocycles. The van der Waals surface area contributed by atoms with Crippen LogP contribution in [0.15, 0.2) is 0 Å². The van der Waals surface area contributed by atoms with E-state index >= 15 is 0 Å². The zero-order valence-electron chi connectivity index (χ0n) is 56.3. The van der Waals surface area contributed by atoms with Gasteiger partial charge in [-0.1, -0.05) is 412 Å². The van der Waals surface area contributed by atoms with Crippen LogP contribution in [0.5, 0.6) is 0 Å². The first-order chi connectivity index (χ1) is 40.5. The van der Waals surface area contributed by atoms with E-state index < -0.39 is 6.10 Å². The van der Waals surface area contributed by atoms with Crippen molar-refractivity contribution in [2.24, 2.45) is 0 Å². The van der Waals surface area contributed by atoms with Crippen molar-refractivity contribution in [3.05, 3.63) is 0 Å². The molecule has 0 rings (SSSR count). The highest BCUT2D eigenvalue weighted by Crippen LogP contribution is 2.20. The van der Waals surface area contributed by atoms with Crippen LogP contribution in [-0.4, -0.2) is 37.2 Å². The second-order valence-electron chi connectivity index (χ2n) is 26.3. The number of unbranched alkanes of at least 4 members (excludes halogenated alkanes) is 61. The van der Waals surface area contributed by atoms with Crippen molar-refractivity contribution >= 4 is 17.9 Å². The molecule has 0 radical (unpaired) electrons. The Kier molecular flexibility index (Phi) is 70.5. The molecule has 0 saturated heterocycles. The van der Waals surface area contributed by atoms with Gasteiger partial charge in [0.1, 0.15) is 13.2 Å². The van der Waals surface area contributed by atoms with Gasteiger partial charge in [0, 0.05) is 19.3 Å². The topological polar surface area (TPSA) is 78.9 Å². The van der Waals surface area contributed by atoms with Gasteiger partial charge in [-0.2, -0.15) is 0 Å². The van der Waals surface area contributed by atoms with Crippen molar-refractivity contribution in [3.63, 3.8) is 0 Å². The quantitative estimate of drug-likeness (QED) is 0.0343. The molecule has 0 bridgehead atoms. The Balaban J connectivity index is 4.07. The van der Waals surface area contributed by atoms with Gasteiger partial charge in [-0.25, -0.2) is 0 Å². The lowest BCUT2D eigenvalue weighted by Gasteiger charge is -2.18. The van der Waals surface area contributed by atoms with E-state index in [1.54, 1.807) is 0 Å². The van der Waals surface area contributed by atoms with Crippen LogP contribution >= 0.6 is 0 Å². The molecule has 0 aliphatic carbocycles. The smallest absolute Gasteiger partial charge is 0.306 e. The van der Waals surface area contributed by atoms with E-state index in [1.807, 2.05) is 0 Å². The number of rotatable bonds is 72. The molecule has 1 atom stereocenters. The molecule has 0 aliphatic rings. The number of carbonyl (C=O) groups excluding carboxylic acids is 3. The lowest BCUT2D eigenvalue weighted by molar-refractivity contribution is -0.167. The molecule has 6 nitrogen and oxygen atoms in total. The average molecular weight is 1160 g/mol. The summed E-state index contributed by atoms with van der Waals surface area (Å²) in [5.41, 5.74) is 0. The first-order valence-electron chi connectivity index (χ1n) is 38.0. The molecule has 0 N–H and O–H groups in total. The molecule has 488 valence electrons. The summed E-state index contributed by atoms with van der Waals surface area (Å²) in [6.07, 6.45) is 86.0. The molecule has 0 aromatic rings. The minimum Gasteiger partial charge on any atom is -0.462 e. The fourth-order valence-electron chi connectivity index (χ4n) is 12.2. The molecule has 0 spiro atoms. The lowest BCUT2D eigenvalue weighted by atomic mass is 10.0. The van der Waals surface area contributed by atoms with Crippen LogP contribution in [0.3, 0.4) is 0 Å². The monoisotopic (exact) mass is 1160 g/mol. The molecule has 0 fully saturated rings. The zero-order valence-corrected chi connectivity index (χ0v) is 56.3. The van der Waals surface area contributed by atoms with E-state index in [1.165, 1.54) is 353 Å². The fraction of sp³-hybridized carbons (Fsp3) is 0.961. The molecule has 0 amide bonds. The number of carbonyl (C=O) groups is 3. The maximum atomic E-state index is 13.0. The maximum absolute atomic E-state index is 13.0. The number of hydrogen-bond acceptors (Lipinski definition) is 6. The summed E-state index contributed by atoms with van der Waals surface area (Å²) >= 11 is 0. The van der Waals surface area contributed by atoms with Gasteiger partial charge in [0.25, 0.3) is 0 Å². The van der Waals surface area contributed by atoms with Gasteiger partial charge >= 0.3 is 17.9 Å². The van der Waals surface area contributed by atoms with Crippen molar-refractivity contribution in [3.8, 4) is 0 Å². The van der Waals surface area contributed by atoms with Gasteiger partial charge < -0.3 is 14.2 Å². The van der Waals surface area contributed by atoms with Crippen LogP contribution in [0.4, 0.5) is 0 Å². The standard InChI is InChI=1S/C76H148O6/c1-4-7-10-13-16-19-22-25-27-29-31-33-34-35-36-37-38-39-40-41-42-43-44-46-47-49-51-54-57-60-63-66-69-75(78)81-72-73(71-80-74(77)68-65-62-59-56-53-24-21-18-15-12-9-6-3)82-76(79)70-67-64-61-58-55-52-50-48-45-32-30-28-26-23-20-17-14-11-8-5-2/h73H,4-72H2,1-3H3. The highest BCUT2D eigenvalue weighted by molar-refractivity contribution is 5.71. The lowest BCUT2D eigenvalue weighted by Crippen LogP contribution is -2.30. The van der Waals surface area contributed by atoms with Crippen molar-refractivity contribution < 1.29 is 28.6 Å². The maximum Gasteiger partial charge on any atom is 0.306 e. The highest BCUT2D eigenvalue weighted by Gasteiger charge is 2.20. The Morgan fingerprint density at radius 2 is 0.329 bits per heavy atom. The second kappa shape index (κ2) is 71.9. The van der Waals surface area contributed by atoms with Gasteiger partial charge in [-0.15, -0.1) is 0 Å². The predicted octanol–water partition coefficient (Wildman–Crippen LogP) is 26.2. The summed E-state index contributed by atoms with van der Waals surface area (Å²) in [4.78, 5) is 38.4. The first-order valence-corrected chi connectivity index (χ1v) is 38.0. The van der Waals surface area contributed by atoms with E-state index in [9.17, 15) is 14.4 Å². The molecule has 0 aliphatic heterocycles. The Hall–Kier alpha value is -1.59. The number of hydrogen-bond donors (Lipinski definition) is 0. The molecule has 0 aromatic heterocycles. The summed E-state index contributed by atoms with van der Waals surface area (Å²) in [7, 11) is 0. The highest BCUT2D eigenvalue weighted by atomic mass is 16.6. The summed E-state index contributed by atoms with van der Waals surface area (Å²) < 4.78 is 17.0. The van der Waals surface area contributed by atoms with E-state index in [0.29, 0.717) is 19.3 Å². The van der Waals surface area contributed by atoms with E-state index in [-0.39, 0.29) is 31.1 Å². The van der Waals surface area contributed by atoms with Gasteiger partial charge in [0.15, 0.2) is 6.10 Å². The second-order valence-corrected chi connectivity index (χ2v) is 26.3. The molecule has 82 heavy (non-hydrogen) atoms.